The third-order valence-electron chi connectivity index (χ3n) is 5.53. The summed E-state index contributed by atoms with van der Waals surface area (Å²) in [4.78, 5) is 15.1. The number of carbonyl (C=O) groups excluding carboxylic acids is 1. The smallest absolute Gasteiger partial charge is 0.224 e. The molecule has 1 N–H and O–H groups in total. The molecule has 3 atom stereocenters. The summed E-state index contributed by atoms with van der Waals surface area (Å²) in [6, 6.07) is 18.7. The second kappa shape index (κ2) is 7.81. The van der Waals surface area contributed by atoms with Crippen LogP contribution in [-0.2, 0) is 11.3 Å². The minimum absolute atomic E-state index is 0.0828. The molecule has 3 unspecified atom stereocenters. The number of benzene rings is 2. The highest BCUT2D eigenvalue weighted by Crippen LogP contribution is 2.49. The van der Waals surface area contributed by atoms with Crippen molar-refractivity contribution >= 4 is 17.5 Å². The Hall–Kier alpha value is -1.84. The van der Waals surface area contributed by atoms with Crippen LogP contribution in [-0.4, -0.2) is 29.9 Å². The number of nitrogens with zero attached hydrogens (tertiary/aromatic N) is 1. The zero-order valence-electron chi connectivity index (χ0n) is 14.9. The molecule has 1 saturated heterocycles. The van der Waals surface area contributed by atoms with Crippen LogP contribution >= 0.6 is 11.6 Å². The lowest BCUT2D eigenvalue weighted by molar-refractivity contribution is -0.123. The first kappa shape index (κ1) is 17.6. The molecule has 1 amide bonds. The van der Waals surface area contributed by atoms with Gasteiger partial charge < -0.3 is 5.32 Å². The van der Waals surface area contributed by atoms with Gasteiger partial charge in [0.1, 0.15) is 0 Å². The zero-order valence-corrected chi connectivity index (χ0v) is 15.7. The minimum Gasteiger partial charge on any atom is -0.352 e. The van der Waals surface area contributed by atoms with Crippen LogP contribution in [0.15, 0.2) is 54.6 Å². The van der Waals surface area contributed by atoms with Crippen LogP contribution in [0.25, 0.3) is 0 Å². The van der Waals surface area contributed by atoms with E-state index in [1.54, 1.807) is 0 Å². The summed E-state index contributed by atoms with van der Waals surface area (Å²) >= 11 is 6.28. The first-order valence-corrected chi connectivity index (χ1v) is 9.89. The Morgan fingerprint density at radius 1 is 1.12 bits per heavy atom. The van der Waals surface area contributed by atoms with Gasteiger partial charge in [-0.1, -0.05) is 60.1 Å². The molecule has 0 aromatic heterocycles. The van der Waals surface area contributed by atoms with Gasteiger partial charge in [-0.15, -0.1) is 0 Å². The number of amides is 1. The molecule has 1 aliphatic carbocycles. The second-order valence-corrected chi connectivity index (χ2v) is 7.95. The number of halogens is 1. The molecule has 0 spiro atoms. The fourth-order valence-corrected chi connectivity index (χ4v) is 4.35. The number of likely N-dealkylation sites (tertiary alicyclic amines) is 1. The van der Waals surface area contributed by atoms with Crippen LogP contribution < -0.4 is 5.32 Å². The molecule has 2 aromatic rings. The van der Waals surface area contributed by atoms with E-state index in [4.69, 9.17) is 11.6 Å². The van der Waals surface area contributed by atoms with Crippen LogP contribution in [0.3, 0.4) is 0 Å². The summed E-state index contributed by atoms with van der Waals surface area (Å²) < 4.78 is 0. The van der Waals surface area contributed by atoms with E-state index in [-0.39, 0.29) is 23.8 Å². The van der Waals surface area contributed by atoms with E-state index in [1.807, 2.05) is 30.3 Å². The van der Waals surface area contributed by atoms with Gasteiger partial charge in [-0.25, -0.2) is 0 Å². The standard InChI is InChI=1S/C22H25ClN2O/c23-21-11-5-4-10-18(21)19-13-20(19)22(26)24-17-9-6-12-25(15-17)14-16-7-2-1-3-8-16/h1-5,7-8,10-11,17,19-20H,6,9,12-15H2,(H,24,26). The monoisotopic (exact) mass is 368 g/mol. The minimum atomic E-state index is 0.0828. The van der Waals surface area contributed by atoms with Crippen molar-refractivity contribution in [1.82, 2.24) is 10.2 Å². The summed E-state index contributed by atoms with van der Waals surface area (Å²) in [5, 5.41) is 4.07. The molecule has 4 heteroatoms. The number of nitrogens with one attached hydrogen (secondary N) is 1. The SMILES string of the molecule is O=C(NC1CCCN(Cc2ccccc2)C1)C1CC1c1ccccc1Cl. The van der Waals surface area contributed by atoms with Crippen molar-refractivity contribution in [3.05, 3.63) is 70.7 Å². The molecule has 2 aromatic carbocycles. The summed E-state index contributed by atoms with van der Waals surface area (Å²) in [6.07, 6.45) is 3.12. The number of piperidine rings is 1. The maximum atomic E-state index is 12.7. The van der Waals surface area contributed by atoms with Gasteiger partial charge in [-0.2, -0.15) is 0 Å². The predicted molar refractivity (Wildman–Crippen MR) is 105 cm³/mol. The van der Waals surface area contributed by atoms with E-state index in [2.05, 4.69) is 34.5 Å². The van der Waals surface area contributed by atoms with E-state index in [0.717, 1.165) is 49.5 Å². The van der Waals surface area contributed by atoms with Gasteiger partial charge in [0.2, 0.25) is 5.91 Å². The van der Waals surface area contributed by atoms with Crippen molar-refractivity contribution in [1.29, 1.82) is 0 Å². The van der Waals surface area contributed by atoms with Crippen LogP contribution in [0, 0.1) is 5.92 Å². The first-order valence-electron chi connectivity index (χ1n) is 9.52. The lowest BCUT2D eigenvalue weighted by Gasteiger charge is -2.33. The van der Waals surface area contributed by atoms with Crippen molar-refractivity contribution in [2.24, 2.45) is 5.92 Å². The molecule has 1 saturated carbocycles. The van der Waals surface area contributed by atoms with Gasteiger partial charge in [0.05, 0.1) is 0 Å². The summed E-state index contributed by atoms with van der Waals surface area (Å²) in [5.74, 6) is 0.564. The molecular formula is C22H25ClN2O. The van der Waals surface area contributed by atoms with Gasteiger partial charge in [0.15, 0.2) is 0 Å². The maximum Gasteiger partial charge on any atom is 0.224 e. The molecule has 1 heterocycles. The van der Waals surface area contributed by atoms with E-state index in [9.17, 15) is 4.79 Å². The van der Waals surface area contributed by atoms with Crippen molar-refractivity contribution in [2.75, 3.05) is 13.1 Å². The van der Waals surface area contributed by atoms with Gasteiger partial charge in [-0.3, -0.25) is 9.69 Å². The van der Waals surface area contributed by atoms with Crippen molar-refractivity contribution in [3.63, 3.8) is 0 Å². The summed E-state index contributed by atoms with van der Waals surface area (Å²) in [7, 11) is 0. The van der Waals surface area contributed by atoms with Crippen LogP contribution in [0.2, 0.25) is 5.02 Å². The second-order valence-electron chi connectivity index (χ2n) is 7.54. The number of hydrogen-bond donors (Lipinski definition) is 1. The molecule has 4 rings (SSSR count). The normalized spacial score (nSPS) is 25.7. The van der Waals surface area contributed by atoms with Gasteiger partial charge in [-0.05, 0) is 48.9 Å². The van der Waals surface area contributed by atoms with E-state index >= 15 is 0 Å². The van der Waals surface area contributed by atoms with Gasteiger partial charge in [0, 0.05) is 30.1 Å². The Labute approximate surface area is 160 Å². The predicted octanol–water partition coefficient (Wildman–Crippen LogP) is 4.22. The molecule has 0 radical (unpaired) electrons. The molecule has 136 valence electrons. The number of carbonyl (C=O) groups is 1. The fourth-order valence-electron chi connectivity index (χ4n) is 4.07. The van der Waals surface area contributed by atoms with E-state index in [0.29, 0.717) is 0 Å². The van der Waals surface area contributed by atoms with E-state index in [1.165, 1.54) is 5.56 Å². The average Bonchev–Trinajstić information content (AvgIpc) is 3.44. The average molecular weight is 369 g/mol. The Balaban J connectivity index is 1.30. The van der Waals surface area contributed by atoms with Crippen LogP contribution in [0.1, 0.15) is 36.3 Å². The lowest BCUT2D eigenvalue weighted by Crippen LogP contribution is -2.47. The first-order chi connectivity index (χ1) is 12.7. The fraction of sp³-hybridized carbons (Fsp3) is 0.409. The molecule has 3 nitrogen and oxygen atoms in total. The largest absolute Gasteiger partial charge is 0.352 e. The molecule has 1 aliphatic heterocycles. The molecular weight excluding hydrogens is 344 g/mol. The van der Waals surface area contributed by atoms with Crippen molar-refractivity contribution in [3.8, 4) is 0 Å². The third-order valence-corrected chi connectivity index (χ3v) is 5.88. The van der Waals surface area contributed by atoms with Crippen molar-refractivity contribution in [2.45, 2.75) is 37.8 Å². The zero-order chi connectivity index (χ0) is 17.9. The molecule has 2 aliphatic rings. The summed E-state index contributed by atoms with van der Waals surface area (Å²) in [5.41, 5.74) is 2.45. The third kappa shape index (κ3) is 4.11. The maximum absolute atomic E-state index is 12.7. The van der Waals surface area contributed by atoms with Gasteiger partial charge in [0.25, 0.3) is 0 Å². The Kier molecular flexibility index (Phi) is 5.28. The highest BCUT2D eigenvalue weighted by molar-refractivity contribution is 6.31. The van der Waals surface area contributed by atoms with Gasteiger partial charge >= 0.3 is 0 Å². The molecule has 26 heavy (non-hydrogen) atoms. The highest BCUT2D eigenvalue weighted by atomic mass is 35.5. The van der Waals surface area contributed by atoms with Crippen molar-refractivity contribution < 1.29 is 4.79 Å². The Morgan fingerprint density at radius 2 is 1.88 bits per heavy atom. The van der Waals surface area contributed by atoms with Crippen LogP contribution in [0.4, 0.5) is 0 Å². The molecule has 0 bridgehead atoms. The number of hydrogen-bond acceptors (Lipinski definition) is 2. The Morgan fingerprint density at radius 3 is 2.69 bits per heavy atom. The molecule has 2 fully saturated rings. The van der Waals surface area contributed by atoms with Crippen LogP contribution in [0.5, 0.6) is 0 Å². The Bertz CT molecular complexity index is 764. The number of rotatable bonds is 5. The summed E-state index contributed by atoms with van der Waals surface area (Å²) in [6.45, 7) is 3.00. The topological polar surface area (TPSA) is 32.3 Å². The van der Waals surface area contributed by atoms with E-state index < -0.39 is 0 Å². The quantitative estimate of drug-likeness (QED) is 0.856. The lowest BCUT2D eigenvalue weighted by atomic mass is 10.0. The highest BCUT2D eigenvalue weighted by Gasteiger charge is 2.45.